The predicted molar refractivity (Wildman–Crippen MR) is 196 cm³/mol. The molecule has 0 aromatic heterocycles. The Morgan fingerprint density at radius 1 is 0.370 bits per heavy atom. The van der Waals surface area contributed by atoms with Crippen LogP contribution in [0, 0.1) is 0 Å². The van der Waals surface area contributed by atoms with E-state index in [1.54, 1.807) is 0 Å². The molecule has 0 aliphatic heterocycles. The Morgan fingerprint density at radius 2 is 0.891 bits per heavy atom. The van der Waals surface area contributed by atoms with Gasteiger partial charge in [0.2, 0.25) is 0 Å². The molecule has 0 bridgehead atoms. The van der Waals surface area contributed by atoms with Crippen molar-refractivity contribution in [3.8, 4) is 44.5 Å². The van der Waals surface area contributed by atoms with Crippen molar-refractivity contribution in [3.63, 3.8) is 0 Å². The van der Waals surface area contributed by atoms with Crippen LogP contribution in [0.2, 0.25) is 0 Å². The van der Waals surface area contributed by atoms with E-state index in [2.05, 4.69) is 161 Å². The number of benzene rings is 8. The lowest BCUT2D eigenvalue weighted by Crippen LogP contribution is -2.18. The second-order valence-electron chi connectivity index (χ2n) is 14.5. The van der Waals surface area contributed by atoms with Crippen LogP contribution < -0.4 is 0 Å². The monoisotopic (exact) mass is 586 g/mol. The average Bonchev–Trinajstić information content (AvgIpc) is 3.47. The minimum absolute atomic E-state index is 0.0915. The van der Waals surface area contributed by atoms with Crippen molar-refractivity contribution in [2.45, 2.75) is 38.5 Å². The van der Waals surface area contributed by atoms with Crippen LogP contribution in [-0.2, 0) is 10.8 Å². The maximum Gasteiger partial charge on any atom is 0.0165 e. The summed E-state index contributed by atoms with van der Waals surface area (Å²) in [7, 11) is 0. The molecule has 0 radical (unpaired) electrons. The largest absolute Gasteiger partial charge is 0.0622 e. The van der Waals surface area contributed by atoms with Gasteiger partial charge in [0, 0.05) is 10.8 Å². The zero-order valence-corrected chi connectivity index (χ0v) is 26.7. The molecule has 8 aromatic rings. The van der Waals surface area contributed by atoms with E-state index in [1.165, 1.54) is 99.1 Å². The Morgan fingerprint density at radius 3 is 1.57 bits per heavy atom. The fourth-order valence-corrected chi connectivity index (χ4v) is 9.26. The Kier molecular flexibility index (Phi) is 4.95. The van der Waals surface area contributed by atoms with Crippen molar-refractivity contribution in [3.05, 3.63) is 156 Å². The van der Waals surface area contributed by atoms with Gasteiger partial charge in [-0.3, -0.25) is 0 Å². The van der Waals surface area contributed by atoms with Crippen molar-refractivity contribution in [1.29, 1.82) is 0 Å². The molecule has 2 aliphatic carbocycles. The number of hydrogen-bond acceptors (Lipinski definition) is 0. The molecule has 0 unspecified atom stereocenters. The van der Waals surface area contributed by atoms with E-state index in [9.17, 15) is 0 Å². The smallest absolute Gasteiger partial charge is 0.0165 e. The van der Waals surface area contributed by atoms with Crippen LogP contribution >= 0.6 is 0 Å². The summed E-state index contributed by atoms with van der Waals surface area (Å²) in [4.78, 5) is 0. The molecule has 0 heterocycles. The molecule has 2 aliphatic rings. The van der Waals surface area contributed by atoms with Crippen LogP contribution in [0.15, 0.2) is 133 Å². The molecular weight excluding hydrogens is 553 g/mol. The minimum atomic E-state index is -0.136. The van der Waals surface area contributed by atoms with Gasteiger partial charge in [-0.05, 0) is 105 Å². The highest BCUT2D eigenvalue weighted by molar-refractivity contribution is 6.28. The van der Waals surface area contributed by atoms with Crippen molar-refractivity contribution in [1.82, 2.24) is 0 Å². The van der Waals surface area contributed by atoms with Crippen LogP contribution in [0.1, 0.15) is 49.9 Å². The van der Waals surface area contributed by atoms with E-state index in [4.69, 9.17) is 0 Å². The van der Waals surface area contributed by atoms with E-state index >= 15 is 0 Å². The summed E-state index contributed by atoms with van der Waals surface area (Å²) < 4.78 is 0. The third-order valence-corrected chi connectivity index (χ3v) is 11.4. The molecule has 0 amide bonds. The highest BCUT2D eigenvalue weighted by Crippen LogP contribution is 2.61. The zero-order valence-electron chi connectivity index (χ0n) is 26.7. The molecule has 0 spiro atoms. The van der Waals surface area contributed by atoms with E-state index in [1.807, 2.05) is 0 Å². The lowest BCUT2D eigenvalue weighted by atomic mass is 9.74. The van der Waals surface area contributed by atoms with Crippen molar-refractivity contribution in [2.75, 3.05) is 0 Å². The molecule has 0 saturated heterocycles. The summed E-state index contributed by atoms with van der Waals surface area (Å²) in [5, 5.41) is 8.00. The first-order chi connectivity index (χ1) is 22.4. The standard InChI is InChI=1S/C46H34/c1-45(2)37-16-10-8-14-34(37)42-39(45)26-36(44-43(42)35-15-9-11-17-38(35)46(44,3)4)31-23-19-29-20-24-32-30(27-12-6-5-7-13-27)22-18-28-21-25-33(31)41(29)40(28)32/h5-26H,1-4H3. The second kappa shape index (κ2) is 8.74. The van der Waals surface area contributed by atoms with Gasteiger partial charge in [-0.1, -0.05) is 155 Å². The summed E-state index contributed by atoms with van der Waals surface area (Å²) in [5.41, 5.74) is 16.4. The van der Waals surface area contributed by atoms with Crippen molar-refractivity contribution >= 4 is 32.3 Å². The van der Waals surface area contributed by atoms with Gasteiger partial charge >= 0.3 is 0 Å². The summed E-state index contributed by atoms with van der Waals surface area (Å²) in [6, 6.07) is 50.4. The van der Waals surface area contributed by atoms with Crippen LogP contribution in [0.25, 0.3) is 76.8 Å². The molecular formula is C46H34. The van der Waals surface area contributed by atoms with Crippen LogP contribution in [-0.4, -0.2) is 0 Å². The number of fused-ring (bicyclic) bond motifs is 7. The van der Waals surface area contributed by atoms with Crippen LogP contribution in [0.5, 0.6) is 0 Å². The number of hydrogen-bond donors (Lipinski definition) is 0. The van der Waals surface area contributed by atoms with Crippen LogP contribution in [0.3, 0.4) is 0 Å². The fraction of sp³-hybridized carbons (Fsp3) is 0.130. The van der Waals surface area contributed by atoms with E-state index < -0.39 is 0 Å². The molecule has 0 fully saturated rings. The lowest BCUT2D eigenvalue weighted by molar-refractivity contribution is 0.652. The molecule has 0 saturated carbocycles. The van der Waals surface area contributed by atoms with Crippen LogP contribution in [0.4, 0.5) is 0 Å². The Hall–Kier alpha value is -5.20. The highest BCUT2D eigenvalue weighted by Gasteiger charge is 2.45. The molecule has 8 aromatic carbocycles. The number of rotatable bonds is 2. The van der Waals surface area contributed by atoms with Gasteiger partial charge in [0.1, 0.15) is 0 Å². The summed E-state index contributed by atoms with van der Waals surface area (Å²) in [5.74, 6) is 0. The molecule has 0 N–H and O–H groups in total. The molecule has 218 valence electrons. The Labute approximate surface area is 270 Å². The topological polar surface area (TPSA) is 0 Å². The maximum atomic E-state index is 2.57. The summed E-state index contributed by atoms with van der Waals surface area (Å²) in [6.07, 6.45) is 0. The molecule has 0 heteroatoms. The molecule has 0 nitrogen and oxygen atoms in total. The lowest BCUT2D eigenvalue weighted by Gasteiger charge is -2.28. The average molecular weight is 587 g/mol. The van der Waals surface area contributed by atoms with E-state index in [-0.39, 0.29) is 10.8 Å². The minimum Gasteiger partial charge on any atom is -0.0622 e. The predicted octanol–water partition coefficient (Wildman–Crippen LogP) is 12.5. The third kappa shape index (κ3) is 3.14. The highest BCUT2D eigenvalue weighted by atomic mass is 14.5. The summed E-state index contributed by atoms with van der Waals surface area (Å²) >= 11 is 0. The first kappa shape index (κ1) is 26.1. The summed E-state index contributed by atoms with van der Waals surface area (Å²) in [6.45, 7) is 9.69. The fourth-order valence-electron chi connectivity index (χ4n) is 9.26. The Bertz CT molecular complexity index is 2560. The molecule has 0 atom stereocenters. The second-order valence-corrected chi connectivity index (χ2v) is 14.5. The normalized spacial score (nSPS) is 15.3. The van der Waals surface area contributed by atoms with Gasteiger partial charge in [0.05, 0.1) is 0 Å². The van der Waals surface area contributed by atoms with Crippen molar-refractivity contribution in [2.24, 2.45) is 0 Å². The Balaban J connectivity index is 1.35. The van der Waals surface area contributed by atoms with Gasteiger partial charge in [0.25, 0.3) is 0 Å². The van der Waals surface area contributed by atoms with E-state index in [0.717, 1.165) is 0 Å². The maximum absolute atomic E-state index is 2.57. The SMILES string of the molecule is CC1(C)c2ccccc2-c2c1cc(-c1ccc3ccc4c(-c5ccccc5)ccc5ccc1c3c54)c1c2-c2ccccc2C1(C)C. The van der Waals surface area contributed by atoms with E-state index in [0.29, 0.717) is 0 Å². The first-order valence-electron chi connectivity index (χ1n) is 16.5. The van der Waals surface area contributed by atoms with Gasteiger partial charge in [0.15, 0.2) is 0 Å². The molecule has 10 rings (SSSR count). The van der Waals surface area contributed by atoms with Crippen molar-refractivity contribution < 1.29 is 0 Å². The van der Waals surface area contributed by atoms with Gasteiger partial charge in [-0.2, -0.15) is 0 Å². The zero-order chi connectivity index (χ0) is 30.9. The van der Waals surface area contributed by atoms with Gasteiger partial charge < -0.3 is 0 Å². The first-order valence-corrected chi connectivity index (χ1v) is 16.5. The molecule has 46 heavy (non-hydrogen) atoms. The quantitative estimate of drug-likeness (QED) is 0.177. The van der Waals surface area contributed by atoms with Gasteiger partial charge in [-0.25, -0.2) is 0 Å². The third-order valence-electron chi connectivity index (χ3n) is 11.4. The van der Waals surface area contributed by atoms with Gasteiger partial charge in [-0.15, -0.1) is 0 Å².